The van der Waals surface area contributed by atoms with Gasteiger partial charge in [0.05, 0.1) is 6.20 Å². The molecule has 1 N–H and O–H groups in total. The van der Waals surface area contributed by atoms with E-state index in [1.54, 1.807) is 11.8 Å². The molecule has 1 unspecified atom stereocenters. The van der Waals surface area contributed by atoms with Gasteiger partial charge in [-0.3, -0.25) is 5.32 Å². The van der Waals surface area contributed by atoms with Crippen LogP contribution in [0.4, 0.5) is 15.0 Å². The second-order valence-corrected chi connectivity index (χ2v) is 5.68. The van der Waals surface area contributed by atoms with Crippen molar-refractivity contribution in [3.05, 3.63) is 35.9 Å². The summed E-state index contributed by atoms with van der Waals surface area (Å²) in [6, 6.07) is 2.48. The van der Waals surface area contributed by atoms with Crippen molar-refractivity contribution in [2.75, 3.05) is 18.4 Å². The van der Waals surface area contributed by atoms with Crippen molar-refractivity contribution in [2.24, 2.45) is 5.92 Å². The molecule has 23 heavy (non-hydrogen) atoms. The number of carbonyl (C=O) groups excluding carboxylic acids is 1. The van der Waals surface area contributed by atoms with Crippen LogP contribution in [-0.4, -0.2) is 39.1 Å². The summed E-state index contributed by atoms with van der Waals surface area (Å²) in [6.07, 6.45) is 3.71. The molecular formula is C15H18FN5O2. The molecule has 1 atom stereocenters. The van der Waals surface area contributed by atoms with Gasteiger partial charge in [0.1, 0.15) is 11.6 Å². The van der Waals surface area contributed by atoms with Gasteiger partial charge in [-0.05, 0) is 30.9 Å². The summed E-state index contributed by atoms with van der Waals surface area (Å²) >= 11 is 0. The van der Waals surface area contributed by atoms with Crippen LogP contribution >= 0.6 is 0 Å². The minimum absolute atomic E-state index is 0.224. The number of anilines is 1. The molecule has 7 nitrogen and oxygen atoms in total. The Morgan fingerprint density at radius 2 is 2.39 bits per heavy atom. The van der Waals surface area contributed by atoms with Crippen molar-refractivity contribution in [1.82, 2.24) is 20.0 Å². The highest BCUT2D eigenvalue weighted by atomic mass is 19.1. The molecule has 2 aromatic rings. The average molecular weight is 319 g/mol. The third kappa shape index (κ3) is 4.02. The van der Waals surface area contributed by atoms with Crippen LogP contribution < -0.4 is 5.32 Å². The number of nitrogens with zero attached hydrogens (tertiary/aromatic N) is 4. The molecule has 1 fully saturated rings. The first-order chi connectivity index (χ1) is 11.1. The van der Waals surface area contributed by atoms with E-state index in [0.717, 1.165) is 19.0 Å². The Kier molecular flexibility index (Phi) is 4.50. The molecule has 0 aliphatic carbocycles. The van der Waals surface area contributed by atoms with Crippen LogP contribution in [0.5, 0.6) is 0 Å². The van der Waals surface area contributed by atoms with Crippen molar-refractivity contribution in [1.29, 1.82) is 0 Å². The maximum Gasteiger partial charge on any atom is 0.323 e. The number of pyridine rings is 1. The van der Waals surface area contributed by atoms with Crippen LogP contribution in [0.2, 0.25) is 0 Å². The van der Waals surface area contributed by atoms with Crippen molar-refractivity contribution < 1.29 is 13.7 Å². The number of likely N-dealkylation sites (tertiary alicyclic amines) is 1. The Morgan fingerprint density at radius 3 is 3.09 bits per heavy atom. The summed E-state index contributed by atoms with van der Waals surface area (Å²) in [7, 11) is 0. The molecule has 1 saturated heterocycles. The maximum absolute atomic E-state index is 12.8. The molecule has 0 aromatic carbocycles. The molecule has 3 heterocycles. The monoisotopic (exact) mass is 319 g/mol. The number of amides is 2. The van der Waals surface area contributed by atoms with Gasteiger partial charge in [0.15, 0.2) is 5.82 Å². The molecule has 2 amide bonds. The Morgan fingerprint density at radius 1 is 1.52 bits per heavy atom. The summed E-state index contributed by atoms with van der Waals surface area (Å²) in [5, 5.41) is 6.59. The fraction of sp³-hybridized carbons (Fsp3) is 0.467. The second kappa shape index (κ2) is 6.72. The molecule has 1 aliphatic rings. The van der Waals surface area contributed by atoms with E-state index in [4.69, 9.17) is 4.52 Å². The van der Waals surface area contributed by atoms with Crippen LogP contribution in [-0.2, 0) is 6.42 Å². The van der Waals surface area contributed by atoms with Gasteiger partial charge >= 0.3 is 6.03 Å². The Labute approximate surface area is 132 Å². The number of piperidine rings is 1. The molecule has 0 bridgehead atoms. The average Bonchev–Trinajstić information content (AvgIpc) is 2.95. The van der Waals surface area contributed by atoms with Gasteiger partial charge in [-0.1, -0.05) is 5.16 Å². The van der Waals surface area contributed by atoms with Crippen LogP contribution in [0.25, 0.3) is 0 Å². The second-order valence-electron chi connectivity index (χ2n) is 5.68. The minimum atomic E-state index is -0.434. The van der Waals surface area contributed by atoms with E-state index in [0.29, 0.717) is 43.0 Å². The Balaban J connectivity index is 1.56. The number of aromatic nitrogens is 3. The lowest BCUT2D eigenvalue weighted by molar-refractivity contribution is 0.176. The lowest BCUT2D eigenvalue weighted by atomic mass is 9.95. The number of urea groups is 1. The zero-order valence-corrected chi connectivity index (χ0v) is 12.8. The van der Waals surface area contributed by atoms with Gasteiger partial charge in [-0.25, -0.2) is 14.2 Å². The number of hydrogen-bond donors (Lipinski definition) is 1. The molecular weight excluding hydrogens is 301 g/mol. The third-order valence-electron chi connectivity index (χ3n) is 3.81. The first kappa shape index (κ1) is 15.4. The van der Waals surface area contributed by atoms with E-state index < -0.39 is 5.82 Å². The maximum atomic E-state index is 12.8. The summed E-state index contributed by atoms with van der Waals surface area (Å²) in [5.41, 5.74) is 0. The molecule has 3 rings (SSSR count). The third-order valence-corrected chi connectivity index (χ3v) is 3.81. The van der Waals surface area contributed by atoms with Gasteiger partial charge in [-0.15, -0.1) is 0 Å². The predicted molar refractivity (Wildman–Crippen MR) is 80.2 cm³/mol. The highest BCUT2D eigenvalue weighted by Crippen LogP contribution is 2.20. The number of aryl methyl sites for hydroxylation is 1. The molecule has 2 aromatic heterocycles. The predicted octanol–water partition coefficient (Wildman–Crippen LogP) is 2.40. The summed E-state index contributed by atoms with van der Waals surface area (Å²) < 4.78 is 17.8. The molecule has 122 valence electrons. The zero-order valence-electron chi connectivity index (χ0n) is 12.8. The van der Waals surface area contributed by atoms with E-state index in [1.165, 1.54) is 12.1 Å². The number of nitrogens with one attached hydrogen (secondary N) is 1. The number of rotatable bonds is 3. The van der Waals surface area contributed by atoms with E-state index in [2.05, 4.69) is 20.4 Å². The highest BCUT2D eigenvalue weighted by Gasteiger charge is 2.25. The van der Waals surface area contributed by atoms with Crippen molar-refractivity contribution >= 4 is 11.8 Å². The van der Waals surface area contributed by atoms with E-state index >= 15 is 0 Å². The molecule has 0 radical (unpaired) electrons. The SMILES string of the molecule is Cc1nc(CC2CCCN(C(=O)Nc3ccc(F)cn3)C2)no1. The van der Waals surface area contributed by atoms with E-state index in [1.807, 2.05) is 0 Å². The molecule has 8 heteroatoms. The van der Waals surface area contributed by atoms with Crippen LogP contribution in [0, 0.1) is 18.7 Å². The van der Waals surface area contributed by atoms with Gasteiger partial charge in [0.2, 0.25) is 5.89 Å². The lowest BCUT2D eigenvalue weighted by Crippen LogP contribution is -2.43. The fourth-order valence-corrected chi connectivity index (χ4v) is 2.74. The van der Waals surface area contributed by atoms with Gasteiger partial charge in [0.25, 0.3) is 0 Å². The molecule has 0 saturated carbocycles. The van der Waals surface area contributed by atoms with E-state index in [9.17, 15) is 9.18 Å². The smallest absolute Gasteiger partial charge is 0.323 e. The van der Waals surface area contributed by atoms with Crippen molar-refractivity contribution in [3.8, 4) is 0 Å². The van der Waals surface area contributed by atoms with Crippen LogP contribution in [0.15, 0.2) is 22.9 Å². The normalized spacial score (nSPS) is 18.0. The lowest BCUT2D eigenvalue weighted by Gasteiger charge is -2.32. The highest BCUT2D eigenvalue weighted by molar-refractivity contribution is 5.88. The quantitative estimate of drug-likeness (QED) is 0.939. The number of halogens is 1. The summed E-state index contributed by atoms with van der Waals surface area (Å²) in [6.45, 7) is 3.07. The Hall–Kier alpha value is -2.51. The van der Waals surface area contributed by atoms with Gasteiger partial charge in [0, 0.05) is 26.4 Å². The first-order valence-corrected chi connectivity index (χ1v) is 7.57. The number of carbonyl (C=O) groups is 1. The van der Waals surface area contributed by atoms with Crippen LogP contribution in [0.1, 0.15) is 24.6 Å². The fourth-order valence-electron chi connectivity index (χ4n) is 2.74. The van der Waals surface area contributed by atoms with Crippen LogP contribution in [0.3, 0.4) is 0 Å². The largest absolute Gasteiger partial charge is 0.340 e. The molecule has 0 spiro atoms. The first-order valence-electron chi connectivity index (χ1n) is 7.57. The van der Waals surface area contributed by atoms with Gasteiger partial charge in [-0.2, -0.15) is 4.98 Å². The standard InChI is InChI=1S/C15H18FN5O2/c1-10-18-14(20-23-10)7-11-3-2-6-21(9-11)15(22)19-13-5-4-12(16)8-17-13/h4-5,8,11H,2-3,6-7,9H2,1H3,(H,17,19,22). The minimum Gasteiger partial charge on any atom is -0.340 e. The van der Waals surface area contributed by atoms with Gasteiger partial charge < -0.3 is 9.42 Å². The number of hydrogen-bond acceptors (Lipinski definition) is 5. The summed E-state index contributed by atoms with van der Waals surface area (Å²) in [4.78, 5) is 22.1. The topological polar surface area (TPSA) is 84.2 Å². The zero-order chi connectivity index (χ0) is 16.2. The van der Waals surface area contributed by atoms with Crippen molar-refractivity contribution in [3.63, 3.8) is 0 Å². The molecule has 1 aliphatic heterocycles. The van der Waals surface area contributed by atoms with Crippen molar-refractivity contribution in [2.45, 2.75) is 26.2 Å². The Bertz CT molecular complexity index is 673. The van der Waals surface area contributed by atoms with E-state index in [-0.39, 0.29) is 6.03 Å². The summed E-state index contributed by atoms with van der Waals surface area (Å²) in [5.74, 6) is 1.43.